The molecule has 8 nitrogen and oxygen atoms in total. The van der Waals surface area contributed by atoms with Crippen LogP contribution in [0.4, 0.5) is 5.69 Å². The molecule has 0 atom stereocenters. The molecule has 1 N–H and O–H groups in total. The third-order valence-electron chi connectivity index (χ3n) is 2.75. The molecule has 1 aromatic rings. The average Bonchev–Trinajstić information content (AvgIpc) is 2.41. The molecule has 0 saturated carbocycles. The second kappa shape index (κ2) is 7.75. The minimum absolute atomic E-state index is 0.0964. The van der Waals surface area contributed by atoms with Crippen LogP contribution in [0.2, 0.25) is 0 Å². The van der Waals surface area contributed by atoms with Gasteiger partial charge in [0.25, 0.3) is 0 Å². The average molecular weight is 364 g/mol. The number of nitrogens with one attached hydrogen (secondary N) is 1. The van der Waals surface area contributed by atoms with E-state index < -0.39 is 26.0 Å². The lowest BCUT2D eigenvalue weighted by atomic mass is 10.2. The van der Waals surface area contributed by atoms with Crippen LogP contribution in [0.3, 0.4) is 0 Å². The first-order valence-electron chi connectivity index (χ1n) is 6.74. The van der Waals surface area contributed by atoms with Crippen molar-refractivity contribution in [1.29, 1.82) is 0 Å². The maximum Gasteiger partial charge on any atom is 0.340 e. The highest BCUT2D eigenvalue weighted by atomic mass is 32.2. The topological polar surface area (TPSA) is 110 Å². The highest BCUT2D eigenvalue weighted by Crippen LogP contribution is 2.23. The predicted octanol–water partition coefficient (Wildman–Crippen LogP) is 0.179. The molecule has 0 saturated heterocycles. The first-order chi connectivity index (χ1) is 10.6. The van der Waals surface area contributed by atoms with E-state index in [0.29, 0.717) is 0 Å². The lowest BCUT2D eigenvalue weighted by Crippen LogP contribution is -2.38. The molecule has 0 aliphatic carbocycles. The van der Waals surface area contributed by atoms with Gasteiger partial charge in [0, 0.05) is 13.1 Å². The molecule has 23 heavy (non-hydrogen) atoms. The number of ether oxygens (including phenoxy) is 1. The second-order valence-electron chi connectivity index (χ2n) is 4.74. The highest BCUT2D eigenvalue weighted by molar-refractivity contribution is 7.92. The normalized spacial score (nSPS) is 12.0. The number of benzene rings is 1. The fourth-order valence-corrected chi connectivity index (χ4v) is 3.27. The van der Waals surface area contributed by atoms with Crippen LogP contribution in [-0.4, -0.2) is 55.0 Å². The zero-order valence-electron chi connectivity index (χ0n) is 13.1. The van der Waals surface area contributed by atoms with Gasteiger partial charge in [-0.15, -0.1) is 0 Å². The van der Waals surface area contributed by atoms with E-state index >= 15 is 0 Å². The molecule has 1 aromatic carbocycles. The monoisotopic (exact) mass is 364 g/mol. The molecule has 0 fully saturated rings. The van der Waals surface area contributed by atoms with Crippen LogP contribution in [0.1, 0.15) is 17.3 Å². The Morgan fingerprint density at radius 1 is 1.17 bits per heavy atom. The van der Waals surface area contributed by atoms with Crippen molar-refractivity contribution in [3.63, 3.8) is 0 Å². The molecular formula is C13H20N2O6S2. The van der Waals surface area contributed by atoms with Gasteiger partial charge in [0.05, 0.1) is 30.4 Å². The summed E-state index contributed by atoms with van der Waals surface area (Å²) >= 11 is 0. The summed E-state index contributed by atoms with van der Waals surface area (Å²) in [4.78, 5) is 12.0. The first-order valence-corrected chi connectivity index (χ1v) is 10.5. The number of carbonyl (C=O) groups excluding carboxylic acids is 1. The summed E-state index contributed by atoms with van der Waals surface area (Å²) in [5.41, 5.74) is 0.239. The molecule has 0 aromatic heterocycles. The van der Waals surface area contributed by atoms with Crippen molar-refractivity contribution >= 4 is 31.7 Å². The van der Waals surface area contributed by atoms with Crippen molar-refractivity contribution in [2.45, 2.75) is 6.92 Å². The molecule has 0 aliphatic heterocycles. The number of nitrogens with zero attached hydrogens (tertiary/aromatic N) is 1. The Balaban J connectivity index is 3.16. The Bertz CT molecular complexity index is 758. The van der Waals surface area contributed by atoms with Crippen molar-refractivity contribution in [3.05, 3.63) is 29.8 Å². The van der Waals surface area contributed by atoms with E-state index in [9.17, 15) is 21.6 Å². The smallest absolute Gasteiger partial charge is 0.340 e. The fourth-order valence-electron chi connectivity index (χ4n) is 1.87. The first kappa shape index (κ1) is 19.4. The molecule has 0 spiro atoms. The lowest BCUT2D eigenvalue weighted by molar-refractivity contribution is 0.0527. The van der Waals surface area contributed by atoms with Gasteiger partial charge in [-0.25, -0.2) is 26.4 Å². The highest BCUT2D eigenvalue weighted by Gasteiger charge is 2.23. The van der Waals surface area contributed by atoms with Crippen LogP contribution in [-0.2, 0) is 24.8 Å². The van der Waals surface area contributed by atoms with Gasteiger partial charge in [0.1, 0.15) is 0 Å². The van der Waals surface area contributed by atoms with Crippen LogP contribution in [0, 0.1) is 0 Å². The Kier molecular flexibility index (Phi) is 6.54. The number of anilines is 1. The number of hydrogen-bond donors (Lipinski definition) is 1. The zero-order valence-corrected chi connectivity index (χ0v) is 14.8. The second-order valence-corrected chi connectivity index (χ2v) is 8.48. The summed E-state index contributed by atoms with van der Waals surface area (Å²) < 4.78 is 54.4. The minimum Gasteiger partial charge on any atom is -0.462 e. The van der Waals surface area contributed by atoms with Crippen LogP contribution in [0.15, 0.2) is 24.3 Å². The quantitative estimate of drug-likeness (QED) is 0.659. The molecule has 0 radical (unpaired) electrons. The molecule has 130 valence electrons. The third-order valence-corrected chi connectivity index (χ3v) is 4.66. The van der Waals surface area contributed by atoms with Crippen molar-refractivity contribution in [2.24, 2.45) is 0 Å². The molecule has 0 unspecified atom stereocenters. The van der Waals surface area contributed by atoms with Crippen molar-refractivity contribution in [2.75, 3.05) is 36.5 Å². The van der Waals surface area contributed by atoms with Gasteiger partial charge in [-0.1, -0.05) is 12.1 Å². The van der Waals surface area contributed by atoms with E-state index in [4.69, 9.17) is 4.74 Å². The molecule has 10 heteroatoms. The summed E-state index contributed by atoms with van der Waals surface area (Å²) in [5.74, 6) is -0.646. The zero-order chi connectivity index (χ0) is 17.7. The predicted molar refractivity (Wildman–Crippen MR) is 87.4 cm³/mol. The number of rotatable bonds is 8. The Morgan fingerprint density at radius 2 is 1.78 bits per heavy atom. The molecule has 0 bridgehead atoms. The SMILES string of the molecule is CCOC(=O)c1ccccc1N(CCNS(C)(=O)=O)S(C)(=O)=O. The van der Waals surface area contributed by atoms with Gasteiger partial charge >= 0.3 is 5.97 Å². The van der Waals surface area contributed by atoms with Crippen LogP contribution >= 0.6 is 0 Å². The standard InChI is InChI=1S/C13H20N2O6S2/c1-4-21-13(16)11-7-5-6-8-12(11)15(23(3,19)20)10-9-14-22(2,17)18/h5-8,14H,4,9-10H2,1-3H3. The number of sulfonamides is 2. The van der Waals surface area contributed by atoms with Crippen molar-refractivity contribution in [1.82, 2.24) is 4.72 Å². The van der Waals surface area contributed by atoms with Gasteiger partial charge in [-0.3, -0.25) is 4.31 Å². The van der Waals surface area contributed by atoms with Gasteiger partial charge < -0.3 is 4.74 Å². The number of carbonyl (C=O) groups is 1. The fraction of sp³-hybridized carbons (Fsp3) is 0.462. The summed E-state index contributed by atoms with van der Waals surface area (Å²) in [6, 6.07) is 6.09. The maximum atomic E-state index is 12.0. The van der Waals surface area contributed by atoms with Gasteiger partial charge in [-0.05, 0) is 19.1 Å². The molecule has 0 amide bonds. The Hall–Kier alpha value is -1.65. The van der Waals surface area contributed by atoms with Gasteiger partial charge in [0.2, 0.25) is 20.0 Å². The van der Waals surface area contributed by atoms with Gasteiger partial charge in [0.15, 0.2) is 0 Å². The molecule has 0 heterocycles. The van der Waals surface area contributed by atoms with Gasteiger partial charge in [-0.2, -0.15) is 0 Å². The van der Waals surface area contributed by atoms with Crippen LogP contribution in [0.25, 0.3) is 0 Å². The largest absolute Gasteiger partial charge is 0.462 e. The van der Waals surface area contributed by atoms with E-state index in [1.54, 1.807) is 19.1 Å². The number of para-hydroxylation sites is 1. The lowest BCUT2D eigenvalue weighted by Gasteiger charge is -2.24. The van der Waals surface area contributed by atoms with E-state index in [-0.39, 0.29) is 30.9 Å². The van der Waals surface area contributed by atoms with Crippen molar-refractivity contribution in [3.8, 4) is 0 Å². The summed E-state index contributed by atoms with van der Waals surface area (Å²) in [7, 11) is -7.16. The molecule has 1 rings (SSSR count). The Labute approximate surface area is 136 Å². The van der Waals surface area contributed by atoms with E-state index in [1.165, 1.54) is 12.1 Å². The van der Waals surface area contributed by atoms with Crippen molar-refractivity contribution < 1.29 is 26.4 Å². The number of esters is 1. The van der Waals surface area contributed by atoms with E-state index in [1.807, 2.05) is 0 Å². The maximum absolute atomic E-state index is 12.0. The summed E-state index contributed by atoms with van der Waals surface area (Å²) in [6.07, 6.45) is 1.96. The van der Waals surface area contributed by atoms with Crippen LogP contribution < -0.4 is 9.03 Å². The molecular weight excluding hydrogens is 344 g/mol. The van der Waals surface area contributed by atoms with E-state index in [2.05, 4.69) is 4.72 Å². The summed E-state index contributed by atoms with van der Waals surface area (Å²) in [5, 5.41) is 0. The third kappa shape index (κ3) is 6.16. The van der Waals surface area contributed by atoms with Crippen LogP contribution in [0.5, 0.6) is 0 Å². The molecule has 0 aliphatic rings. The minimum atomic E-state index is -3.72. The summed E-state index contributed by atoms with van der Waals surface area (Å²) in [6.45, 7) is 1.53. The van der Waals surface area contributed by atoms with E-state index in [0.717, 1.165) is 16.8 Å². The number of hydrogen-bond acceptors (Lipinski definition) is 6. The Morgan fingerprint density at radius 3 is 2.30 bits per heavy atom.